The molecule has 41 heavy (non-hydrogen) atoms. The molecular formula is C30H36FN3O6S. The van der Waals surface area contributed by atoms with Gasteiger partial charge in [-0.1, -0.05) is 48.5 Å². The molecule has 0 radical (unpaired) electrons. The van der Waals surface area contributed by atoms with E-state index in [9.17, 15) is 22.4 Å². The normalized spacial score (nSPS) is 12.0. The number of benzene rings is 3. The van der Waals surface area contributed by atoms with Crippen LogP contribution in [0, 0.1) is 5.82 Å². The van der Waals surface area contributed by atoms with Gasteiger partial charge in [0.25, 0.3) is 0 Å². The molecule has 0 saturated carbocycles. The molecule has 9 nitrogen and oxygen atoms in total. The molecule has 0 fully saturated rings. The second kappa shape index (κ2) is 14.6. The molecular weight excluding hydrogens is 549 g/mol. The van der Waals surface area contributed by atoms with E-state index >= 15 is 0 Å². The zero-order chi connectivity index (χ0) is 30.0. The smallest absolute Gasteiger partial charge is 0.243 e. The van der Waals surface area contributed by atoms with Gasteiger partial charge in [-0.05, 0) is 47.4 Å². The number of nitrogens with one attached hydrogen (secondary N) is 1. The summed E-state index contributed by atoms with van der Waals surface area (Å²) in [6.07, 6.45) is 1.69. The molecule has 3 rings (SSSR count). The lowest BCUT2D eigenvalue weighted by Gasteiger charge is -2.32. The lowest BCUT2D eigenvalue weighted by atomic mass is 10.0. The number of hydrogen-bond donors (Lipinski definition) is 1. The van der Waals surface area contributed by atoms with E-state index in [2.05, 4.69) is 5.32 Å². The number of rotatable bonds is 14. The van der Waals surface area contributed by atoms with E-state index in [0.717, 1.165) is 21.7 Å². The first-order chi connectivity index (χ1) is 19.5. The molecule has 0 aliphatic carbocycles. The maximum Gasteiger partial charge on any atom is 0.243 e. The molecule has 3 aromatic carbocycles. The highest BCUT2D eigenvalue weighted by Gasteiger charge is 2.31. The van der Waals surface area contributed by atoms with Crippen LogP contribution in [0.2, 0.25) is 0 Å². The Balaban J connectivity index is 1.88. The highest BCUT2D eigenvalue weighted by atomic mass is 32.2. The summed E-state index contributed by atoms with van der Waals surface area (Å²) in [5.74, 6) is -0.219. The highest BCUT2D eigenvalue weighted by Crippen LogP contribution is 2.27. The Bertz CT molecular complexity index is 1420. The van der Waals surface area contributed by atoms with Gasteiger partial charge in [0.05, 0.1) is 27.0 Å². The van der Waals surface area contributed by atoms with E-state index in [-0.39, 0.29) is 19.5 Å². The molecule has 0 spiro atoms. The summed E-state index contributed by atoms with van der Waals surface area (Å²) in [6, 6.07) is 19.4. The van der Waals surface area contributed by atoms with Crippen molar-refractivity contribution in [3.05, 3.63) is 95.3 Å². The van der Waals surface area contributed by atoms with Crippen molar-refractivity contribution in [2.75, 3.05) is 40.6 Å². The molecule has 0 bridgehead atoms. The van der Waals surface area contributed by atoms with Gasteiger partial charge >= 0.3 is 0 Å². The Morgan fingerprint density at radius 2 is 1.54 bits per heavy atom. The summed E-state index contributed by atoms with van der Waals surface area (Å²) in [4.78, 5) is 28.6. The SMILES string of the molecule is COc1ccc(CCNC(=O)[C@H](Cc2ccccc2)N(Cc2ccc(F)cc2)C(=O)CN(C)S(C)(=O)=O)cc1OC. The third-order valence-electron chi connectivity index (χ3n) is 6.62. The first-order valence-electron chi connectivity index (χ1n) is 13.0. The maximum atomic E-state index is 13.7. The number of carbonyl (C=O) groups excluding carboxylic acids is 2. The van der Waals surface area contributed by atoms with Crippen LogP contribution in [0.3, 0.4) is 0 Å². The van der Waals surface area contributed by atoms with Gasteiger partial charge < -0.3 is 19.7 Å². The fourth-order valence-electron chi connectivity index (χ4n) is 4.22. The fourth-order valence-corrected chi connectivity index (χ4v) is 4.57. The van der Waals surface area contributed by atoms with E-state index in [1.165, 1.54) is 36.2 Å². The summed E-state index contributed by atoms with van der Waals surface area (Å²) < 4.78 is 49.3. The Kier molecular flexibility index (Phi) is 11.2. The van der Waals surface area contributed by atoms with Gasteiger partial charge in [-0.2, -0.15) is 4.31 Å². The first-order valence-corrected chi connectivity index (χ1v) is 14.8. The number of ether oxygens (including phenoxy) is 2. The molecule has 0 aliphatic heterocycles. The van der Waals surface area contributed by atoms with E-state index in [1.807, 2.05) is 42.5 Å². The monoisotopic (exact) mass is 585 g/mol. The zero-order valence-electron chi connectivity index (χ0n) is 23.7. The minimum absolute atomic E-state index is 0.0166. The number of sulfonamides is 1. The Hall–Kier alpha value is -3.96. The van der Waals surface area contributed by atoms with Crippen LogP contribution in [0.15, 0.2) is 72.8 Å². The summed E-state index contributed by atoms with van der Waals surface area (Å²) in [7, 11) is 0.750. The van der Waals surface area contributed by atoms with Crippen LogP contribution in [-0.2, 0) is 39.0 Å². The van der Waals surface area contributed by atoms with Crippen LogP contribution in [-0.4, -0.2) is 76.1 Å². The van der Waals surface area contributed by atoms with E-state index in [1.54, 1.807) is 20.3 Å². The summed E-state index contributed by atoms with van der Waals surface area (Å²) in [5.41, 5.74) is 2.33. The molecule has 2 amide bonds. The molecule has 220 valence electrons. The van der Waals surface area contributed by atoms with Crippen molar-refractivity contribution in [2.45, 2.75) is 25.4 Å². The van der Waals surface area contributed by atoms with Crippen molar-refractivity contribution in [1.82, 2.24) is 14.5 Å². The third kappa shape index (κ3) is 9.29. The zero-order valence-corrected chi connectivity index (χ0v) is 24.5. The molecule has 3 aromatic rings. The van der Waals surface area contributed by atoms with E-state index < -0.39 is 40.2 Å². The molecule has 0 heterocycles. The Morgan fingerprint density at radius 1 is 0.902 bits per heavy atom. The Labute approximate surface area is 240 Å². The maximum absolute atomic E-state index is 13.7. The summed E-state index contributed by atoms with van der Waals surface area (Å²) in [6.45, 7) is -0.191. The van der Waals surface area contributed by atoms with Gasteiger partial charge in [0, 0.05) is 26.6 Å². The number of carbonyl (C=O) groups is 2. The van der Waals surface area contributed by atoms with Crippen molar-refractivity contribution in [2.24, 2.45) is 0 Å². The summed E-state index contributed by atoms with van der Waals surface area (Å²) >= 11 is 0. The van der Waals surface area contributed by atoms with Crippen molar-refractivity contribution in [3.8, 4) is 11.5 Å². The lowest BCUT2D eigenvalue weighted by Crippen LogP contribution is -2.53. The number of nitrogens with zero attached hydrogens (tertiary/aromatic N) is 2. The van der Waals surface area contributed by atoms with Gasteiger partial charge in [0.1, 0.15) is 11.9 Å². The molecule has 1 N–H and O–H groups in total. The molecule has 0 aromatic heterocycles. The van der Waals surface area contributed by atoms with Crippen molar-refractivity contribution >= 4 is 21.8 Å². The van der Waals surface area contributed by atoms with Gasteiger partial charge in [-0.25, -0.2) is 12.8 Å². The van der Waals surface area contributed by atoms with Crippen molar-refractivity contribution in [1.29, 1.82) is 0 Å². The van der Waals surface area contributed by atoms with Crippen LogP contribution in [0.25, 0.3) is 0 Å². The minimum Gasteiger partial charge on any atom is -0.493 e. The van der Waals surface area contributed by atoms with Gasteiger partial charge in [-0.3, -0.25) is 9.59 Å². The fraction of sp³-hybridized carbons (Fsp3) is 0.333. The van der Waals surface area contributed by atoms with Gasteiger partial charge in [-0.15, -0.1) is 0 Å². The van der Waals surface area contributed by atoms with Crippen LogP contribution < -0.4 is 14.8 Å². The predicted molar refractivity (Wildman–Crippen MR) is 155 cm³/mol. The Morgan fingerprint density at radius 3 is 2.15 bits per heavy atom. The first kappa shape index (κ1) is 31.6. The van der Waals surface area contributed by atoms with Crippen molar-refractivity contribution in [3.63, 3.8) is 0 Å². The number of likely N-dealkylation sites (N-methyl/N-ethyl adjacent to an activating group) is 1. The van der Waals surface area contributed by atoms with Crippen LogP contribution in [0.5, 0.6) is 11.5 Å². The average molecular weight is 586 g/mol. The second-order valence-electron chi connectivity index (χ2n) is 9.60. The van der Waals surface area contributed by atoms with Crippen LogP contribution >= 0.6 is 0 Å². The molecule has 0 saturated heterocycles. The number of methoxy groups -OCH3 is 2. The summed E-state index contributed by atoms with van der Waals surface area (Å²) in [5, 5.41) is 2.93. The van der Waals surface area contributed by atoms with Gasteiger partial charge in [0.15, 0.2) is 11.5 Å². The lowest BCUT2D eigenvalue weighted by molar-refractivity contribution is -0.141. The quantitative estimate of drug-likeness (QED) is 0.312. The highest BCUT2D eigenvalue weighted by molar-refractivity contribution is 7.88. The number of amides is 2. The standard InChI is InChI=1S/C30H36FN3O6S/c1-33(41(4,37)38)21-29(35)34(20-24-10-13-25(31)14-11-24)26(18-22-8-6-5-7-9-22)30(36)32-17-16-23-12-15-27(39-2)28(19-23)40-3/h5-15,19,26H,16-18,20-21H2,1-4H3,(H,32,36)/t26-/m0/s1. The van der Waals surface area contributed by atoms with E-state index in [4.69, 9.17) is 9.47 Å². The number of halogens is 1. The molecule has 0 unspecified atom stereocenters. The topological polar surface area (TPSA) is 105 Å². The molecule has 0 aliphatic rings. The average Bonchev–Trinajstić information content (AvgIpc) is 2.95. The number of hydrogen-bond acceptors (Lipinski definition) is 6. The largest absolute Gasteiger partial charge is 0.493 e. The molecule has 1 atom stereocenters. The third-order valence-corrected chi connectivity index (χ3v) is 7.88. The minimum atomic E-state index is -3.65. The van der Waals surface area contributed by atoms with Crippen molar-refractivity contribution < 1.29 is 31.9 Å². The van der Waals surface area contributed by atoms with Crippen LogP contribution in [0.4, 0.5) is 4.39 Å². The predicted octanol–water partition coefficient (Wildman–Crippen LogP) is 3.03. The van der Waals surface area contributed by atoms with Gasteiger partial charge in [0.2, 0.25) is 21.8 Å². The van der Waals surface area contributed by atoms with Crippen LogP contribution in [0.1, 0.15) is 16.7 Å². The molecule has 11 heteroatoms. The second-order valence-corrected chi connectivity index (χ2v) is 11.7. The van der Waals surface area contributed by atoms with E-state index in [0.29, 0.717) is 23.5 Å².